The summed E-state index contributed by atoms with van der Waals surface area (Å²) in [6, 6.07) is -0.239. The molecule has 4 nitrogen and oxygen atoms in total. The minimum Gasteiger partial charge on any atom is -0.323 e. The Balaban J connectivity index is 2.08. The average molecular weight is 245 g/mol. The lowest BCUT2D eigenvalue weighted by molar-refractivity contribution is -0.132. The maximum absolute atomic E-state index is 12.2. The number of carbonyl (C=O) groups excluding carboxylic acids is 2. The van der Waals surface area contributed by atoms with Crippen molar-refractivity contribution in [1.82, 2.24) is 10.2 Å². The summed E-state index contributed by atoms with van der Waals surface area (Å²) >= 11 is 5.58. The second kappa shape index (κ2) is 4.62. The molecule has 0 aromatic carbocycles. The van der Waals surface area contributed by atoms with Crippen LogP contribution in [0.4, 0.5) is 4.79 Å². The zero-order valence-corrected chi connectivity index (χ0v) is 10.1. The van der Waals surface area contributed by atoms with E-state index in [0.29, 0.717) is 18.8 Å². The van der Waals surface area contributed by atoms with E-state index in [4.69, 9.17) is 11.6 Å². The lowest BCUT2D eigenvalue weighted by Crippen LogP contribution is -2.48. The van der Waals surface area contributed by atoms with Gasteiger partial charge < -0.3 is 5.32 Å². The molecule has 1 aliphatic carbocycles. The Hall–Kier alpha value is -0.770. The third-order valence-corrected chi connectivity index (χ3v) is 3.74. The van der Waals surface area contributed by atoms with Gasteiger partial charge in [-0.15, -0.1) is 11.6 Å². The van der Waals surface area contributed by atoms with Crippen LogP contribution in [-0.2, 0) is 4.79 Å². The van der Waals surface area contributed by atoms with Crippen LogP contribution in [0.3, 0.4) is 0 Å². The quantitative estimate of drug-likeness (QED) is 0.609. The van der Waals surface area contributed by atoms with Gasteiger partial charge in [0.2, 0.25) is 0 Å². The Kier molecular flexibility index (Phi) is 3.38. The third kappa shape index (κ3) is 1.90. The number of amides is 3. The van der Waals surface area contributed by atoms with Gasteiger partial charge in [-0.1, -0.05) is 19.3 Å². The molecule has 0 atom stereocenters. The van der Waals surface area contributed by atoms with Crippen LogP contribution >= 0.6 is 11.6 Å². The SMILES string of the molecule is O=C1NC2(CCCCC2)C(=O)N1CCCCl. The Bertz CT molecular complexity index is 300. The van der Waals surface area contributed by atoms with Crippen molar-refractivity contribution in [1.29, 1.82) is 0 Å². The van der Waals surface area contributed by atoms with Crippen LogP contribution < -0.4 is 5.32 Å². The number of hydrogen-bond acceptors (Lipinski definition) is 2. The highest BCUT2D eigenvalue weighted by molar-refractivity contribution is 6.17. The fourth-order valence-corrected chi connectivity index (χ4v) is 2.71. The number of nitrogens with zero attached hydrogens (tertiary/aromatic N) is 1. The van der Waals surface area contributed by atoms with Gasteiger partial charge in [-0.3, -0.25) is 9.69 Å². The van der Waals surface area contributed by atoms with E-state index >= 15 is 0 Å². The molecule has 1 N–H and O–H groups in total. The molecule has 3 amide bonds. The fourth-order valence-electron chi connectivity index (χ4n) is 2.59. The van der Waals surface area contributed by atoms with Gasteiger partial charge in [0.15, 0.2) is 0 Å². The molecule has 0 unspecified atom stereocenters. The molecule has 5 heteroatoms. The van der Waals surface area contributed by atoms with Crippen LogP contribution in [0.25, 0.3) is 0 Å². The summed E-state index contributed by atoms with van der Waals surface area (Å²) in [5.74, 6) is 0.437. The maximum atomic E-state index is 12.2. The Morgan fingerprint density at radius 1 is 1.25 bits per heavy atom. The topological polar surface area (TPSA) is 49.4 Å². The summed E-state index contributed by atoms with van der Waals surface area (Å²) in [5, 5.41) is 2.87. The van der Waals surface area contributed by atoms with Gasteiger partial charge in [-0.05, 0) is 19.3 Å². The van der Waals surface area contributed by atoms with Crippen molar-refractivity contribution in [2.45, 2.75) is 44.1 Å². The van der Waals surface area contributed by atoms with E-state index in [2.05, 4.69) is 5.32 Å². The highest BCUT2D eigenvalue weighted by Crippen LogP contribution is 2.33. The van der Waals surface area contributed by atoms with E-state index in [-0.39, 0.29) is 11.9 Å². The van der Waals surface area contributed by atoms with Gasteiger partial charge in [0, 0.05) is 12.4 Å². The van der Waals surface area contributed by atoms with Crippen LogP contribution in [0.1, 0.15) is 38.5 Å². The normalized spacial score (nSPS) is 23.9. The average Bonchev–Trinajstić information content (AvgIpc) is 2.50. The fraction of sp³-hybridized carbons (Fsp3) is 0.818. The number of rotatable bonds is 3. The Morgan fingerprint density at radius 3 is 2.56 bits per heavy atom. The van der Waals surface area contributed by atoms with Gasteiger partial charge in [0.1, 0.15) is 5.54 Å². The first-order valence-corrected chi connectivity index (χ1v) is 6.43. The Morgan fingerprint density at radius 2 is 1.94 bits per heavy atom. The summed E-state index contributed by atoms with van der Waals surface area (Å²) in [5.41, 5.74) is -0.582. The molecule has 1 saturated heterocycles. The lowest BCUT2D eigenvalue weighted by Gasteiger charge is -2.30. The molecular formula is C11H17ClN2O2. The molecule has 2 fully saturated rings. The Labute approximate surface area is 100 Å². The summed E-state index contributed by atoms with van der Waals surface area (Å²) < 4.78 is 0. The predicted octanol–water partition coefficient (Wildman–Crippen LogP) is 1.87. The van der Waals surface area contributed by atoms with Gasteiger partial charge in [0.05, 0.1) is 0 Å². The van der Waals surface area contributed by atoms with Crippen LogP contribution in [-0.4, -0.2) is 34.8 Å². The van der Waals surface area contributed by atoms with Gasteiger partial charge >= 0.3 is 6.03 Å². The first kappa shape index (κ1) is 11.7. The summed E-state index contributed by atoms with van der Waals surface area (Å²) in [6.07, 6.45) is 5.44. The van der Waals surface area contributed by atoms with Crippen LogP contribution in [0.15, 0.2) is 0 Å². The second-order valence-electron chi connectivity index (χ2n) is 4.57. The molecule has 16 heavy (non-hydrogen) atoms. The molecule has 1 aliphatic heterocycles. The summed E-state index contributed by atoms with van der Waals surface area (Å²) in [4.78, 5) is 25.2. The molecule has 1 heterocycles. The van der Waals surface area contributed by atoms with Gasteiger partial charge in [0.25, 0.3) is 5.91 Å². The molecule has 0 radical (unpaired) electrons. The molecule has 1 saturated carbocycles. The molecule has 0 bridgehead atoms. The first-order chi connectivity index (χ1) is 7.69. The predicted molar refractivity (Wildman–Crippen MR) is 61.4 cm³/mol. The van der Waals surface area contributed by atoms with Gasteiger partial charge in [-0.2, -0.15) is 0 Å². The summed E-state index contributed by atoms with van der Waals surface area (Å²) in [7, 11) is 0. The number of imide groups is 1. The van der Waals surface area contributed by atoms with Crippen molar-refractivity contribution < 1.29 is 9.59 Å². The van der Waals surface area contributed by atoms with E-state index in [0.717, 1.165) is 32.1 Å². The second-order valence-corrected chi connectivity index (χ2v) is 4.95. The number of urea groups is 1. The zero-order chi connectivity index (χ0) is 11.6. The molecule has 2 aliphatic rings. The van der Waals surface area contributed by atoms with Crippen LogP contribution in [0.5, 0.6) is 0 Å². The number of hydrogen-bond donors (Lipinski definition) is 1. The van der Waals surface area contributed by atoms with Crippen molar-refractivity contribution >= 4 is 23.5 Å². The lowest BCUT2D eigenvalue weighted by atomic mass is 9.82. The van der Waals surface area contributed by atoms with Crippen molar-refractivity contribution in [3.8, 4) is 0 Å². The van der Waals surface area contributed by atoms with E-state index in [1.807, 2.05) is 0 Å². The van der Waals surface area contributed by atoms with Gasteiger partial charge in [-0.25, -0.2) is 4.79 Å². The molecule has 0 aromatic rings. The number of alkyl halides is 1. The maximum Gasteiger partial charge on any atom is 0.325 e. The van der Waals surface area contributed by atoms with E-state index in [1.54, 1.807) is 0 Å². The highest BCUT2D eigenvalue weighted by Gasteiger charge is 2.50. The van der Waals surface area contributed by atoms with Crippen LogP contribution in [0.2, 0.25) is 0 Å². The molecular weight excluding hydrogens is 228 g/mol. The van der Waals surface area contributed by atoms with Crippen molar-refractivity contribution in [2.75, 3.05) is 12.4 Å². The number of carbonyl (C=O) groups is 2. The minimum atomic E-state index is -0.582. The monoisotopic (exact) mass is 244 g/mol. The van der Waals surface area contributed by atoms with Crippen molar-refractivity contribution in [3.63, 3.8) is 0 Å². The minimum absolute atomic E-state index is 0.0395. The number of nitrogens with one attached hydrogen (secondary N) is 1. The van der Waals surface area contributed by atoms with E-state index in [9.17, 15) is 9.59 Å². The molecule has 2 rings (SSSR count). The van der Waals surface area contributed by atoms with E-state index in [1.165, 1.54) is 4.90 Å². The molecule has 0 aromatic heterocycles. The largest absolute Gasteiger partial charge is 0.325 e. The smallest absolute Gasteiger partial charge is 0.323 e. The number of halogens is 1. The zero-order valence-electron chi connectivity index (χ0n) is 9.30. The highest BCUT2D eigenvalue weighted by atomic mass is 35.5. The van der Waals surface area contributed by atoms with Crippen molar-refractivity contribution in [3.05, 3.63) is 0 Å². The summed E-state index contributed by atoms with van der Waals surface area (Å²) in [6.45, 7) is 0.440. The molecule has 90 valence electrons. The molecule has 1 spiro atoms. The van der Waals surface area contributed by atoms with E-state index < -0.39 is 5.54 Å². The standard InChI is InChI=1S/C11H17ClN2O2/c12-7-4-8-14-9(15)11(13-10(14)16)5-2-1-3-6-11/h1-8H2,(H,13,16). The van der Waals surface area contributed by atoms with Crippen LogP contribution in [0, 0.1) is 0 Å². The third-order valence-electron chi connectivity index (χ3n) is 3.47. The van der Waals surface area contributed by atoms with Crippen molar-refractivity contribution in [2.24, 2.45) is 0 Å². The first-order valence-electron chi connectivity index (χ1n) is 5.90.